The number of aryl methyl sites for hydroxylation is 2. The van der Waals surface area contributed by atoms with Gasteiger partial charge < -0.3 is 4.90 Å². The molecule has 0 saturated heterocycles. The smallest absolute Gasteiger partial charge is 0.277 e. The molecule has 1 aromatic heterocycles. The number of hydrogen-bond donors (Lipinski definition) is 1. The number of rotatable bonds is 4. The highest BCUT2D eigenvalue weighted by Gasteiger charge is 2.40. The van der Waals surface area contributed by atoms with Crippen LogP contribution in [0.1, 0.15) is 22.4 Å². The van der Waals surface area contributed by atoms with Gasteiger partial charge in [0.1, 0.15) is 0 Å². The normalized spacial score (nSPS) is 10.9. The summed E-state index contributed by atoms with van der Waals surface area (Å²) in [6, 6.07) is 18.8. The molecule has 6 nitrogen and oxygen atoms in total. The molecule has 0 atom stereocenters. The van der Waals surface area contributed by atoms with Gasteiger partial charge in [-0.05, 0) is 43.7 Å². The molecule has 0 unspecified atom stereocenters. The lowest BCUT2D eigenvalue weighted by Crippen LogP contribution is -2.32. The maximum atomic E-state index is 13.2. The summed E-state index contributed by atoms with van der Waals surface area (Å²) < 4.78 is 1.38. The van der Waals surface area contributed by atoms with E-state index in [1.807, 2.05) is 62.3 Å². The summed E-state index contributed by atoms with van der Waals surface area (Å²) in [4.78, 5) is 15.1. The predicted octanol–water partition coefficient (Wildman–Crippen LogP) is 3.18. The van der Waals surface area contributed by atoms with Crippen LogP contribution in [0.5, 0.6) is 0 Å². The van der Waals surface area contributed by atoms with Gasteiger partial charge in [-0.3, -0.25) is 9.89 Å². The molecule has 0 bridgehead atoms. The van der Waals surface area contributed by atoms with Crippen LogP contribution in [0.25, 0.3) is 5.69 Å². The fraction of sp³-hybridized carbons (Fsp3) is 0.227. The van der Waals surface area contributed by atoms with Crippen molar-refractivity contribution in [3.05, 3.63) is 81.3 Å². The number of benzene rings is 2. The summed E-state index contributed by atoms with van der Waals surface area (Å²) in [6.45, 7) is 3.67. The number of aromatic nitrogens is 2. The van der Waals surface area contributed by atoms with Crippen LogP contribution in [-0.2, 0) is 5.41 Å². The summed E-state index contributed by atoms with van der Waals surface area (Å²) in [6.07, 6.45) is 0. The van der Waals surface area contributed by atoms with E-state index in [1.54, 1.807) is 19.1 Å². The summed E-state index contributed by atoms with van der Waals surface area (Å²) in [7, 11) is 3.82. The summed E-state index contributed by atoms with van der Waals surface area (Å²) >= 11 is 0. The maximum absolute atomic E-state index is 13.2. The van der Waals surface area contributed by atoms with Crippen molar-refractivity contribution < 1.29 is 0 Å². The minimum atomic E-state index is -1.70. The molecular weight excluding hydrogens is 350 g/mol. The average Bonchev–Trinajstić information content (AvgIpc) is 2.99. The summed E-state index contributed by atoms with van der Waals surface area (Å²) in [5.41, 5.74) is 1.68. The summed E-state index contributed by atoms with van der Waals surface area (Å²) in [5.74, 6) is 0. The first-order valence-corrected chi connectivity index (χ1v) is 8.83. The van der Waals surface area contributed by atoms with Crippen LogP contribution in [0.4, 0.5) is 5.69 Å². The second-order valence-corrected chi connectivity index (χ2v) is 7.00. The van der Waals surface area contributed by atoms with Crippen molar-refractivity contribution in [3.8, 4) is 17.8 Å². The molecule has 0 radical (unpaired) electrons. The Labute approximate surface area is 163 Å². The monoisotopic (exact) mass is 371 g/mol. The van der Waals surface area contributed by atoms with E-state index >= 15 is 0 Å². The highest BCUT2D eigenvalue weighted by molar-refractivity contribution is 5.57. The molecule has 0 fully saturated rings. The molecular formula is C22H21N5O. The van der Waals surface area contributed by atoms with E-state index in [2.05, 4.69) is 17.2 Å². The molecule has 2 aromatic carbocycles. The van der Waals surface area contributed by atoms with Gasteiger partial charge >= 0.3 is 0 Å². The average molecular weight is 371 g/mol. The zero-order valence-corrected chi connectivity index (χ0v) is 16.3. The largest absolute Gasteiger partial charge is 0.378 e. The van der Waals surface area contributed by atoms with Crippen molar-refractivity contribution in [2.24, 2.45) is 0 Å². The molecule has 0 amide bonds. The second-order valence-electron chi connectivity index (χ2n) is 7.00. The number of nitrogens with one attached hydrogen (secondary N) is 1. The van der Waals surface area contributed by atoms with Crippen molar-refractivity contribution in [1.82, 2.24) is 9.78 Å². The van der Waals surface area contributed by atoms with E-state index in [4.69, 9.17) is 0 Å². The minimum Gasteiger partial charge on any atom is -0.378 e. The van der Waals surface area contributed by atoms with Gasteiger partial charge in [0.2, 0.25) is 5.41 Å². The number of H-pyrrole nitrogens is 1. The van der Waals surface area contributed by atoms with E-state index in [-0.39, 0.29) is 5.56 Å². The lowest BCUT2D eigenvalue weighted by Gasteiger charge is -2.19. The van der Waals surface area contributed by atoms with Crippen molar-refractivity contribution in [1.29, 1.82) is 10.5 Å². The fourth-order valence-corrected chi connectivity index (χ4v) is 3.28. The molecule has 0 aliphatic carbocycles. The van der Waals surface area contributed by atoms with Crippen LogP contribution in [0.15, 0.2) is 53.3 Å². The van der Waals surface area contributed by atoms with Crippen LogP contribution in [0, 0.1) is 36.5 Å². The zero-order chi connectivity index (χ0) is 20.5. The van der Waals surface area contributed by atoms with Crippen molar-refractivity contribution in [2.45, 2.75) is 19.3 Å². The van der Waals surface area contributed by atoms with Gasteiger partial charge in [-0.15, -0.1) is 0 Å². The van der Waals surface area contributed by atoms with Gasteiger partial charge in [0, 0.05) is 25.5 Å². The van der Waals surface area contributed by atoms with E-state index in [0.717, 1.165) is 11.3 Å². The van der Waals surface area contributed by atoms with Crippen LogP contribution in [0.3, 0.4) is 0 Å². The molecule has 140 valence electrons. The Bertz CT molecular complexity index is 1120. The van der Waals surface area contributed by atoms with Crippen LogP contribution in [-0.4, -0.2) is 23.9 Å². The molecule has 0 spiro atoms. The highest BCUT2D eigenvalue weighted by atomic mass is 16.1. The first-order chi connectivity index (χ1) is 13.3. The number of nitriles is 2. The van der Waals surface area contributed by atoms with Gasteiger partial charge in [-0.25, -0.2) is 4.68 Å². The Kier molecular flexibility index (Phi) is 4.81. The zero-order valence-electron chi connectivity index (χ0n) is 16.3. The van der Waals surface area contributed by atoms with E-state index in [1.165, 1.54) is 4.68 Å². The van der Waals surface area contributed by atoms with Crippen LogP contribution >= 0.6 is 0 Å². The maximum Gasteiger partial charge on any atom is 0.277 e. The number of nitrogens with zero attached hydrogens (tertiary/aromatic N) is 4. The van der Waals surface area contributed by atoms with Crippen LogP contribution < -0.4 is 10.5 Å². The first kappa shape index (κ1) is 19.0. The third-order valence-electron chi connectivity index (χ3n) is 4.89. The van der Waals surface area contributed by atoms with Crippen molar-refractivity contribution in [2.75, 3.05) is 19.0 Å². The first-order valence-electron chi connectivity index (χ1n) is 8.83. The van der Waals surface area contributed by atoms with E-state index in [9.17, 15) is 15.3 Å². The number of hydrogen-bond acceptors (Lipinski definition) is 4. The Morgan fingerprint density at radius 1 is 0.964 bits per heavy atom. The molecule has 0 aliphatic rings. The minimum absolute atomic E-state index is 0.149. The van der Waals surface area contributed by atoms with Gasteiger partial charge in [-0.2, -0.15) is 10.5 Å². The van der Waals surface area contributed by atoms with Crippen molar-refractivity contribution >= 4 is 5.69 Å². The molecule has 0 saturated carbocycles. The second kappa shape index (κ2) is 7.09. The third kappa shape index (κ3) is 2.95. The lowest BCUT2D eigenvalue weighted by atomic mass is 9.77. The lowest BCUT2D eigenvalue weighted by molar-refractivity contribution is 0.816. The van der Waals surface area contributed by atoms with Gasteiger partial charge in [-0.1, -0.05) is 29.8 Å². The van der Waals surface area contributed by atoms with Gasteiger partial charge in [0.15, 0.2) is 0 Å². The quantitative estimate of drug-likeness (QED) is 0.763. The molecule has 1 N–H and O–H groups in total. The van der Waals surface area contributed by atoms with Crippen LogP contribution in [0.2, 0.25) is 0 Å². The summed E-state index contributed by atoms with van der Waals surface area (Å²) in [5, 5.41) is 23.0. The van der Waals surface area contributed by atoms with E-state index < -0.39 is 11.0 Å². The SMILES string of the molecule is Cc1ccc(-n2[nH]c(C)c(C(C#N)(C#N)c3ccc(N(C)C)cc3)c2=O)cc1. The fourth-order valence-electron chi connectivity index (χ4n) is 3.28. The number of aromatic amines is 1. The topological polar surface area (TPSA) is 88.6 Å². The Balaban J connectivity index is 2.21. The van der Waals surface area contributed by atoms with Crippen molar-refractivity contribution in [3.63, 3.8) is 0 Å². The number of anilines is 1. The Morgan fingerprint density at radius 2 is 1.54 bits per heavy atom. The molecule has 28 heavy (non-hydrogen) atoms. The highest BCUT2D eigenvalue weighted by Crippen LogP contribution is 2.32. The molecule has 0 aliphatic heterocycles. The molecule has 3 rings (SSSR count). The van der Waals surface area contributed by atoms with Gasteiger partial charge in [0.05, 0.1) is 23.4 Å². The van der Waals surface area contributed by atoms with Gasteiger partial charge in [0.25, 0.3) is 5.56 Å². The standard InChI is InChI=1S/C22H21N5O/c1-15-5-9-19(10-6-15)27-21(28)20(16(2)25-27)22(13-23,14-24)17-7-11-18(12-8-17)26(3)4/h5-12,25H,1-4H3. The Morgan fingerprint density at radius 3 is 2.04 bits per heavy atom. The predicted molar refractivity (Wildman–Crippen MR) is 109 cm³/mol. The molecule has 1 heterocycles. The molecule has 3 aromatic rings. The van der Waals surface area contributed by atoms with E-state index in [0.29, 0.717) is 16.9 Å². The molecule has 6 heteroatoms. The third-order valence-corrected chi connectivity index (χ3v) is 4.89. The Hall–Kier alpha value is -3.77.